The van der Waals surface area contributed by atoms with Crippen LogP contribution < -0.4 is 5.32 Å². The summed E-state index contributed by atoms with van der Waals surface area (Å²) in [7, 11) is 0. The molecule has 0 bridgehead atoms. The average Bonchev–Trinajstić information content (AvgIpc) is 2.63. The van der Waals surface area contributed by atoms with Gasteiger partial charge in [0.25, 0.3) is 5.91 Å². The van der Waals surface area contributed by atoms with Crippen molar-refractivity contribution >= 4 is 17.2 Å². The van der Waals surface area contributed by atoms with Crippen LogP contribution in [0.5, 0.6) is 5.75 Å². The first-order valence-electron chi connectivity index (χ1n) is 5.69. The fourth-order valence-corrected chi connectivity index (χ4v) is 2.73. The lowest BCUT2D eigenvalue weighted by molar-refractivity contribution is -0.0615. The third-order valence-electron chi connectivity index (χ3n) is 2.84. The van der Waals surface area contributed by atoms with Crippen LogP contribution in [0.4, 0.5) is 0 Å². The molecule has 0 aromatic carbocycles. The highest BCUT2D eigenvalue weighted by molar-refractivity contribution is 7.12. The highest BCUT2D eigenvalue weighted by Crippen LogP contribution is 2.25. The minimum absolute atomic E-state index is 0.113. The second-order valence-corrected chi connectivity index (χ2v) is 5.85. The standard InChI is InChI=1S/C12H17NO3S/c1-12(2)6-8(3-4-16-12)13-11(15)10-5-9(14)7-17-10/h5,7-8,14H,3-4,6H2,1-2H3,(H,13,15)/t8-/m0/s1. The van der Waals surface area contributed by atoms with Gasteiger partial charge in [-0.15, -0.1) is 11.3 Å². The minimum atomic E-state index is -0.173. The van der Waals surface area contributed by atoms with Gasteiger partial charge in [0.2, 0.25) is 0 Å². The van der Waals surface area contributed by atoms with Gasteiger partial charge in [0, 0.05) is 24.1 Å². The number of ether oxygens (including phenoxy) is 1. The molecule has 4 nitrogen and oxygen atoms in total. The Bertz CT molecular complexity index is 414. The number of aromatic hydroxyl groups is 1. The summed E-state index contributed by atoms with van der Waals surface area (Å²) in [5.74, 6) is 0.0328. The summed E-state index contributed by atoms with van der Waals surface area (Å²) < 4.78 is 5.60. The molecule has 17 heavy (non-hydrogen) atoms. The Morgan fingerprint density at radius 2 is 2.41 bits per heavy atom. The van der Waals surface area contributed by atoms with Gasteiger partial charge in [0.1, 0.15) is 5.75 Å². The summed E-state index contributed by atoms with van der Waals surface area (Å²) in [6.07, 6.45) is 1.66. The van der Waals surface area contributed by atoms with Crippen molar-refractivity contribution < 1.29 is 14.6 Å². The topological polar surface area (TPSA) is 58.6 Å². The van der Waals surface area contributed by atoms with E-state index in [0.717, 1.165) is 12.8 Å². The van der Waals surface area contributed by atoms with E-state index in [4.69, 9.17) is 4.74 Å². The maximum Gasteiger partial charge on any atom is 0.261 e. The van der Waals surface area contributed by atoms with Crippen LogP contribution in [-0.2, 0) is 4.74 Å². The lowest BCUT2D eigenvalue weighted by atomic mass is 9.94. The monoisotopic (exact) mass is 255 g/mol. The van der Waals surface area contributed by atoms with Crippen molar-refractivity contribution in [1.82, 2.24) is 5.32 Å². The van der Waals surface area contributed by atoms with E-state index in [9.17, 15) is 9.90 Å². The quantitative estimate of drug-likeness (QED) is 0.851. The maximum atomic E-state index is 11.9. The van der Waals surface area contributed by atoms with Gasteiger partial charge in [-0.2, -0.15) is 0 Å². The van der Waals surface area contributed by atoms with E-state index in [1.807, 2.05) is 13.8 Å². The molecule has 1 aliphatic rings. The first-order valence-corrected chi connectivity index (χ1v) is 6.56. The van der Waals surface area contributed by atoms with E-state index in [2.05, 4.69) is 5.32 Å². The molecule has 1 aromatic rings. The van der Waals surface area contributed by atoms with Crippen LogP contribution in [0, 0.1) is 0 Å². The van der Waals surface area contributed by atoms with Crippen molar-refractivity contribution in [2.45, 2.75) is 38.3 Å². The lowest BCUT2D eigenvalue weighted by Crippen LogP contribution is -2.45. The number of nitrogens with one attached hydrogen (secondary N) is 1. The van der Waals surface area contributed by atoms with E-state index < -0.39 is 0 Å². The first kappa shape index (κ1) is 12.4. The summed E-state index contributed by atoms with van der Waals surface area (Å²) in [4.78, 5) is 12.4. The van der Waals surface area contributed by atoms with Crippen molar-refractivity contribution in [3.05, 3.63) is 16.3 Å². The first-order chi connectivity index (χ1) is 7.96. The third kappa shape index (κ3) is 3.20. The van der Waals surface area contributed by atoms with Crippen LogP contribution in [-0.4, -0.2) is 29.3 Å². The fourth-order valence-electron chi connectivity index (χ4n) is 2.06. The number of thiophene rings is 1. The zero-order chi connectivity index (χ0) is 12.5. The molecule has 5 heteroatoms. The van der Waals surface area contributed by atoms with Gasteiger partial charge in [-0.1, -0.05) is 0 Å². The van der Waals surface area contributed by atoms with Crippen molar-refractivity contribution in [2.75, 3.05) is 6.61 Å². The van der Waals surface area contributed by atoms with E-state index in [0.29, 0.717) is 11.5 Å². The van der Waals surface area contributed by atoms with E-state index in [-0.39, 0.29) is 23.3 Å². The average molecular weight is 255 g/mol. The molecule has 2 rings (SSSR count). The molecule has 0 radical (unpaired) electrons. The predicted molar refractivity (Wildman–Crippen MR) is 66.5 cm³/mol. The molecule has 0 saturated carbocycles. The van der Waals surface area contributed by atoms with Crippen LogP contribution in [0.1, 0.15) is 36.4 Å². The second kappa shape index (κ2) is 4.66. The molecule has 0 aliphatic carbocycles. The molecule has 1 aromatic heterocycles. The van der Waals surface area contributed by atoms with Gasteiger partial charge in [-0.05, 0) is 26.7 Å². The highest BCUT2D eigenvalue weighted by Gasteiger charge is 2.29. The fraction of sp³-hybridized carbons (Fsp3) is 0.583. The second-order valence-electron chi connectivity index (χ2n) is 4.94. The van der Waals surface area contributed by atoms with Gasteiger partial charge in [0.15, 0.2) is 0 Å². The van der Waals surface area contributed by atoms with Crippen LogP contribution in [0.2, 0.25) is 0 Å². The van der Waals surface area contributed by atoms with Crippen molar-refractivity contribution in [2.24, 2.45) is 0 Å². The molecule has 1 saturated heterocycles. The van der Waals surface area contributed by atoms with E-state index in [1.54, 1.807) is 5.38 Å². The molecular weight excluding hydrogens is 238 g/mol. The Labute approximate surface area is 105 Å². The Hall–Kier alpha value is -1.07. The Kier molecular flexibility index (Phi) is 3.40. The smallest absolute Gasteiger partial charge is 0.261 e. The molecule has 1 fully saturated rings. The van der Waals surface area contributed by atoms with Gasteiger partial charge >= 0.3 is 0 Å². The molecule has 1 atom stereocenters. The Morgan fingerprint density at radius 1 is 1.65 bits per heavy atom. The molecule has 0 spiro atoms. The molecule has 2 N–H and O–H groups in total. The summed E-state index contributed by atoms with van der Waals surface area (Å²) in [5, 5.41) is 13.7. The predicted octanol–water partition coefficient (Wildman–Crippen LogP) is 2.14. The molecule has 1 amide bonds. The number of carbonyl (C=O) groups is 1. The summed E-state index contributed by atoms with van der Waals surface area (Å²) >= 11 is 1.25. The zero-order valence-corrected chi connectivity index (χ0v) is 10.8. The largest absolute Gasteiger partial charge is 0.507 e. The Balaban J connectivity index is 1.95. The van der Waals surface area contributed by atoms with Crippen molar-refractivity contribution in [1.29, 1.82) is 0 Å². The Morgan fingerprint density at radius 3 is 3.00 bits per heavy atom. The molecular formula is C12H17NO3S. The summed E-state index contributed by atoms with van der Waals surface area (Å²) in [6.45, 7) is 4.73. The van der Waals surface area contributed by atoms with Gasteiger partial charge in [-0.25, -0.2) is 0 Å². The lowest BCUT2D eigenvalue weighted by Gasteiger charge is -2.35. The number of rotatable bonds is 2. The SMILES string of the molecule is CC1(C)C[C@@H](NC(=O)c2cc(O)cs2)CCO1. The normalized spacial score (nSPS) is 23.3. The van der Waals surface area contributed by atoms with Gasteiger partial charge in [0.05, 0.1) is 10.5 Å². The molecule has 94 valence electrons. The third-order valence-corrected chi connectivity index (χ3v) is 3.76. The van der Waals surface area contributed by atoms with Crippen LogP contribution >= 0.6 is 11.3 Å². The van der Waals surface area contributed by atoms with Crippen LogP contribution in [0.25, 0.3) is 0 Å². The van der Waals surface area contributed by atoms with Crippen LogP contribution in [0.15, 0.2) is 11.4 Å². The van der Waals surface area contributed by atoms with Crippen molar-refractivity contribution in [3.63, 3.8) is 0 Å². The minimum Gasteiger partial charge on any atom is -0.507 e. The molecule has 0 unspecified atom stereocenters. The number of carbonyl (C=O) groups excluding carboxylic acids is 1. The summed E-state index contributed by atoms with van der Waals surface area (Å²) in [5.41, 5.74) is -0.173. The maximum absolute atomic E-state index is 11.9. The van der Waals surface area contributed by atoms with Crippen LogP contribution in [0.3, 0.4) is 0 Å². The van der Waals surface area contributed by atoms with Gasteiger partial charge < -0.3 is 15.2 Å². The van der Waals surface area contributed by atoms with E-state index in [1.165, 1.54) is 17.4 Å². The number of hydrogen-bond donors (Lipinski definition) is 2. The number of amides is 1. The molecule has 2 heterocycles. The summed E-state index contributed by atoms with van der Waals surface area (Å²) in [6, 6.07) is 1.64. The number of hydrogen-bond acceptors (Lipinski definition) is 4. The van der Waals surface area contributed by atoms with Gasteiger partial charge in [-0.3, -0.25) is 4.79 Å². The zero-order valence-electron chi connectivity index (χ0n) is 10.0. The van der Waals surface area contributed by atoms with Crippen molar-refractivity contribution in [3.8, 4) is 5.75 Å². The van der Waals surface area contributed by atoms with E-state index >= 15 is 0 Å². The highest BCUT2D eigenvalue weighted by atomic mass is 32.1. The molecule has 1 aliphatic heterocycles.